The lowest BCUT2D eigenvalue weighted by Crippen LogP contribution is -2.46. The lowest BCUT2D eigenvalue weighted by molar-refractivity contribution is 0.0963. The molecule has 1 aliphatic heterocycles. The van der Waals surface area contributed by atoms with Gasteiger partial charge in [0.15, 0.2) is 0 Å². The largest absolute Gasteiger partial charge is 0.489 e. The van der Waals surface area contributed by atoms with Crippen LogP contribution in [0.2, 0.25) is 5.02 Å². The molecule has 0 radical (unpaired) electrons. The van der Waals surface area contributed by atoms with Crippen molar-refractivity contribution in [3.63, 3.8) is 0 Å². The molecule has 1 heterocycles. The first-order chi connectivity index (χ1) is 15.1. The molecule has 4 nitrogen and oxygen atoms in total. The summed E-state index contributed by atoms with van der Waals surface area (Å²) in [5.41, 5.74) is 2.59. The number of hydrogen-bond acceptors (Lipinski definition) is 3. The molecule has 0 saturated carbocycles. The summed E-state index contributed by atoms with van der Waals surface area (Å²) in [6.07, 6.45) is 1.90. The van der Waals surface area contributed by atoms with Gasteiger partial charge in [-0.05, 0) is 87.1 Å². The van der Waals surface area contributed by atoms with Gasteiger partial charge in [-0.25, -0.2) is 0 Å². The normalized spacial score (nSPS) is 14.9. The van der Waals surface area contributed by atoms with Crippen LogP contribution < -0.4 is 9.64 Å². The highest BCUT2D eigenvalue weighted by Gasteiger charge is 2.29. The summed E-state index contributed by atoms with van der Waals surface area (Å²) in [4.78, 5) is 17.8. The summed E-state index contributed by atoms with van der Waals surface area (Å²) in [7, 11) is 2.13. The number of amides is 1. The van der Waals surface area contributed by atoms with Gasteiger partial charge in [0, 0.05) is 22.3 Å². The Hall–Kier alpha value is -2.82. The van der Waals surface area contributed by atoms with Crippen LogP contribution in [0.25, 0.3) is 0 Å². The first-order valence-electron chi connectivity index (χ1n) is 10.6. The fraction of sp³-hybridized carbons (Fsp3) is 0.269. The smallest absolute Gasteiger partial charge is 0.258 e. The Morgan fingerprint density at radius 1 is 0.968 bits per heavy atom. The first kappa shape index (κ1) is 21.4. The standard InChI is InChI=1S/C26H27ClN2O2/c1-28-17-15-24(16-18-28)29(23-13-11-22(27)12-14-23)26(30)21-9-7-20(8-10-21)19-31-25-5-3-2-4-6-25/h2-14,24H,15-19H2,1H3. The molecule has 0 spiro atoms. The van der Waals surface area contributed by atoms with Crippen LogP contribution in [-0.2, 0) is 6.61 Å². The third-order valence-electron chi connectivity index (χ3n) is 5.73. The third kappa shape index (κ3) is 5.46. The van der Waals surface area contributed by atoms with Crippen LogP contribution in [-0.4, -0.2) is 37.0 Å². The van der Waals surface area contributed by atoms with Crippen LogP contribution in [0.3, 0.4) is 0 Å². The fourth-order valence-corrected chi connectivity index (χ4v) is 4.04. The van der Waals surface area contributed by atoms with Crippen LogP contribution >= 0.6 is 11.6 Å². The van der Waals surface area contributed by atoms with Gasteiger partial charge in [-0.15, -0.1) is 0 Å². The molecule has 1 aliphatic rings. The molecule has 0 unspecified atom stereocenters. The van der Waals surface area contributed by atoms with Crippen LogP contribution in [0.4, 0.5) is 5.69 Å². The molecular weight excluding hydrogens is 408 g/mol. The highest BCUT2D eigenvalue weighted by atomic mass is 35.5. The SMILES string of the molecule is CN1CCC(N(C(=O)c2ccc(COc3ccccc3)cc2)c2ccc(Cl)cc2)CC1. The average molecular weight is 435 g/mol. The molecule has 1 saturated heterocycles. The molecule has 31 heavy (non-hydrogen) atoms. The molecule has 3 aromatic rings. The molecule has 1 fully saturated rings. The Kier molecular flexibility index (Phi) is 6.90. The van der Waals surface area contributed by atoms with Crippen molar-refractivity contribution in [1.82, 2.24) is 4.90 Å². The van der Waals surface area contributed by atoms with E-state index in [2.05, 4.69) is 11.9 Å². The molecule has 5 heteroatoms. The van der Waals surface area contributed by atoms with E-state index in [4.69, 9.17) is 16.3 Å². The number of piperidine rings is 1. The topological polar surface area (TPSA) is 32.8 Å². The number of anilines is 1. The lowest BCUT2D eigenvalue weighted by Gasteiger charge is -2.37. The van der Waals surface area contributed by atoms with E-state index in [1.807, 2.05) is 83.8 Å². The Balaban J connectivity index is 1.51. The van der Waals surface area contributed by atoms with Crippen molar-refractivity contribution in [1.29, 1.82) is 0 Å². The maximum atomic E-state index is 13.5. The van der Waals surface area contributed by atoms with Gasteiger partial charge >= 0.3 is 0 Å². The van der Waals surface area contributed by atoms with E-state index < -0.39 is 0 Å². The van der Waals surface area contributed by atoms with Crippen molar-refractivity contribution >= 4 is 23.2 Å². The number of rotatable bonds is 6. The number of nitrogens with zero attached hydrogens (tertiary/aromatic N) is 2. The Labute approximate surface area is 189 Å². The monoisotopic (exact) mass is 434 g/mol. The van der Waals surface area contributed by atoms with Gasteiger partial charge in [-0.3, -0.25) is 4.79 Å². The summed E-state index contributed by atoms with van der Waals surface area (Å²) in [5.74, 6) is 0.853. The van der Waals surface area contributed by atoms with Gasteiger partial charge in [-0.1, -0.05) is 41.9 Å². The summed E-state index contributed by atoms with van der Waals surface area (Å²) in [6, 6.07) is 25.2. The molecule has 4 rings (SSSR count). The van der Waals surface area contributed by atoms with Crippen LogP contribution in [0.1, 0.15) is 28.8 Å². The van der Waals surface area contributed by atoms with E-state index in [0.717, 1.165) is 42.9 Å². The van der Waals surface area contributed by atoms with Crippen molar-refractivity contribution in [3.05, 3.63) is 95.0 Å². The molecule has 0 aromatic heterocycles. The van der Waals surface area contributed by atoms with Gasteiger partial charge in [-0.2, -0.15) is 0 Å². The number of halogens is 1. The quantitative estimate of drug-likeness (QED) is 0.501. The highest BCUT2D eigenvalue weighted by molar-refractivity contribution is 6.30. The van der Waals surface area contributed by atoms with E-state index in [0.29, 0.717) is 17.2 Å². The number of carbonyl (C=O) groups excluding carboxylic acids is 1. The average Bonchev–Trinajstić information content (AvgIpc) is 2.81. The second kappa shape index (κ2) is 9.99. The zero-order valence-electron chi connectivity index (χ0n) is 17.7. The molecule has 0 N–H and O–H groups in total. The zero-order chi connectivity index (χ0) is 21.6. The van der Waals surface area contributed by atoms with Crippen molar-refractivity contribution < 1.29 is 9.53 Å². The van der Waals surface area contributed by atoms with Gasteiger partial charge < -0.3 is 14.5 Å². The van der Waals surface area contributed by atoms with E-state index >= 15 is 0 Å². The van der Waals surface area contributed by atoms with E-state index in [1.165, 1.54) is 0 Å². The van der Waals surface area contributed by atoms with Crippen LogP contribution in [0.15, 0.2) is 78.9 Å². The van der Waals surface area contributed by atoms with Gasteiger partial charge in [0.05, 0.1) is 0 Å². The maximum Gasteiger partial charge on any atom is 0.258 e. The lowest BCUT2D eigenvalue weighted by atomic mass is 10.0. The first-order valence-corrected chi connectivity index (χ1v) is 11.0. The minimum Gasteiger partial charge on any atom is -0.489 e. The number of benzene rings is 3. The minimum atomic E-state index is 0.0207. The molecule has 0 atom stereocenters. The summed E-state index contributed by atoms with van der Waals surface area (Å²) < 4.78 is 5.81. The number of likely N-dealkylation sites (tertiary alicyclic amines) is 1. The second-order valence-corrected chi connectivity index (χ2v) is 8.42. The summed E-state index contributed by atoms with van der Waals surface area (Å²) >= 11 is 6.09. The predicted octanol–water partition coefficient (Wildman–Crippen LogP) is 5.66. The number of carbonyl (C=O) groups is 1. The van der Waals surface area contributed by atoms with Gasteiger partial charge in [0.2, 0.25) is 0 Å². The van der Waals surface area contributed by atoms with Crippen LogP contribution in [0, 0.1) is 0 Å². The molecule has 0 bridgehead atoms. The van der Waals surface area contributed by atoms with Crippen molar-refractivity contribution in [3.8, 4) is 5.75 Å². The van der Waals surface area contributed by atoms with Crippen molar-refractivity contribution in [2.45, 2.75) is 25.5 Å². The van der Waals surface area contributed by atoms with Crippen molar-refractivity contribution in [2.24, 2.45) is 0 Å². The van der Waals surface area contributed by atoms with Crippen molar-refractivity contribution in [2.75, 3.05) is 25.0 Å². The second-order valence-electron chi connectivity index (χ2n) is 7.98. The molecule has 160 valence electrons. The molecule has 1 amide bonds. The molecule has 3 aromatic carbocycles. The van der Waals surface area contributed by atoms with Gasteiger partial charge in [0.1, 0.15) is 12.4 Å². The Morgan fingerprint density at radius 2 is 1.61 bits per heavy atom. The van der Waals surface area contributed by atoms with Crippen LogP contribution in [0.5, 0.6) is 5.75 Å². The Morgan fingerprint density at radius 3 is 2.26 bits per heavy atom. The molecule has 0 aliphatic carbocycles. The number of para-hydroxylation sites is 1. The zero-order valence-corrected chi connectivity index (χ0v) is 18.5. The number of ether oxygens (including phenoxy) is 1. The predicted molar refractivity (Wildman–Crippen MR) is 126 cm³/mol. The maximum absolute atomic E-state index is 13.5. The highest BCUT2D eigenvalue weighted by Crippen LogP contribution is 2.27. The van der Waals surface area contributed by atoms with E-state index in [9.17, 15) is 4.79 Å². The van der Waals surface area contributed by atoms with E-state index in [1.54, 1.807) is 0 Å². The third-order valence-corrected chi connectivity index (χ3v) is 5.98. The summed E-state index contributed by atoms with van der Waals surface area (Å²) in [6.45, 7) is 2.43. The summed E-state index contributed by atoms with van der Waals surface area (Å²) in [5, 5.41) is 0.669. The number of hydrogen-bond donors (Lipinski definition) is 0. The Bertz CT molecular complexity index is 982. The minimum absolute atomic E-state index is 0.0207. The fourth-order valence-electron chi connectivity index (χ4n) is 3.91. The van der Waals surface area contributed by atoms with E-state index in [-0.39, 0.29) is 11.9 Å². The molecular formula is C26H27ClN2O2. The van der Waals surface area contributed by atoms with Gasteiger partial charge in [0.25, 0.3) is 5.91 Å².